The number of carbonyl (C=O) groups excluding carboxylic acids is 1. The molecule has 0 saturated carbocycles. The lowest BCUT2D eigenvalue weighted by molar-refractivity contribution is 0.112. The Labute approximate surface area is 93.0 Å². The first-order valence-electron chi connectivity index (χ1n) is 4.62. The zero-order valence-electron chi connectivity index (χ0n) is 8.83. The van der Waals surface area contributed by atoms with Gasteiger partial charge >= 0.3 is 0 Å². The Bertz CT molecular complexity index is 449. The first-order valence-corrected chi connectivity index (χ1v) is 4.62. The lowest BCUT2D eigenvalue weighted by Crippen LogP contribution is -1.89. The Morgan fingerprint density at radius 2 is 2.31 bits per heavy atom. The lowest BCUT2D eigenvalue weighted by Gasteiger charge is -2.02. The average molecular weight is 217 g/mol. The van der Waals surface area contributed by atoms with Gasteiger partial charge < -0.3 is 4.74 Å². The summed E-state index contributed by atoms with van der Waals surface area (Å²) >= 11 is 0. The van der Waals surface area contributed by atoms with Gasteiger partial charge in [-0.15, -0.1) is 0 Å². The zero-order chi connectivity index (χ0) is 11.8. The zero-order valence-corrected chi connectivity index (χ0v) is 8.83. The van der Waals surface area contributed by atoms with Gasteiger partial charge in [-0.3, -0.25) is 4.79 Å². The highest BCUT2D eigenvalue weighted by Gasteiger charge is 2.00. The van der Waals surface area contributed by atoms with Crippen LogP contribution in [0.5, 0.6) is 5.75 Å². The smallest absolute Gasteiger partial charge is 0.150 e. The lowest BCUT2D eigenvalue weighted by atomic mass is 10.1. The molecule has 0 fully saturated rings. The summed E-state index contributed by atoms with van der Waals surface area (Å²) < 4.78 is 5.01. The molecule has 0 aliphatic heterocycles. The number of benzene rings is 1. The molecule has 5 heteroatoms. The van der Waals surface area contributed by atoms with Gasteiger partial charge in [0, 0.05) is 17.0 Å². The van der Waals surface area contributed by atoms with Gasteiger partial charge in [-0.05, 0) is 23.2 Å². The third kappa shape index (κ3) is 3.15. The molecule has 0 heterocycles. The molecular formula is C11H11N3O2. The normalized spacial score (nSPS) is 9.81. The van der Waals surface area contributed by atoms with Crippen molar-refractivity contribution in [3.63, 3.8) is 0 Å². The average Bonchev–Trinajstić information content (AvgIpc) is 2.34. The van der Waals surface area contributed by atoms with Gasteiger partial charge in [0.05, 0.1) is 7.11 Å². The van der Waals surface area contributed by atoms with Crippen LogP contribution in [0.4, 0.5) is 0 Å². The molecule has 0 N–H and O–H groups in total. The largest absolute Gasteiger partial charge is 0.497 e. The minimum Gasteiger partial charge on any atom is -0.497 e. The third-order valence-electron chi connectivity index (χ3n) is 1.97. The van der Waals surface area contributed by atoms with E-state index in [-0.39, 0.29) is 6.54 Å². The maximum atomic E-state index is 10.8. The number of rotatable bonds is 5. The second-order valence-electron chi connectivity index (χ2n) is 2.93. The Morgan fingerprint density at radius 3 is 2.94 bits per heavy atom. The van der Waals surface area contributed by atoms with Crippen LogP contribution < -0.4 is 4.74 Å². The molecule has 0 aliphatic rings. The maximum Gasteiger partial charge on any atom is 0.150 e. The number of aldehydes is 1. The van der Waals surface area contributed by atoms with Crippen molar-refractivity contribution in [3.05, 3.63) is 45.8 Å². The fourth-order valence-electron chi connectivity index (χ4n) is 1.20. The van der Waals surface area contributed by atoms with Crippen LogP contribution in [0.1, 0.15) is 15.9 Å². The summed E-state index contributed by atoms with van der Waals surface area (Å²) in [6.07, 6.45) is 4.18. The minimum absolute atomic E-state index is 0.265. The van der Waals surface area contributed by atoms with Gasteiger partial charge in [0.15, 0.2) is 6.29 Å². The van der Waals surface area contributed by atoms with Gasteiger partial charge in [-0.25, -0.2) is 0 Å². The summed E-state index contributed by atoms with van der Waals surface area (Å²) in [5.74, 6) is 0.634. The van der Waals surface area contributed by atoms with Crippen molar-refractivity contribution < 1.29 is 9.53 Å². The van der Waals surface area contributed by atoms with Crippen LogP contribution in [0.25, 0.3) is 16.5 Å². The Kier molecular flexibility index (Phi) is 4.63. The van der Waals surface area contributed by atoms with E-state index in [4.69, 9.17) is 10.3 Å². The summed E-state index contributed by atoms with van der Waals surface area (Å²) in [6, 6.07) is 5.19. The fraction of sp³-hybridized carbons (Fsp3) is 0.182. The molecule has 5 nitrogen and oxygen atoms in total. The van der Waals surface area contributed by atoms with E-state index in [1.54, 1.807) is 37.5 Å². The molecule has 0 atom stereocenters. The standard InChI is InChI=1S/C11H11N3O2/c1-16-11-5-4-9(10(7-11)8-15)3-2-6-13-14-12/h2-5,7-8H,6H2,1H3. The van der Waals surface area contributed by atoms with Crippen molar-refractivity contribution in [1.82, 2.24) is 0 Å². The molecular weight excluding hydrogens is 206 g/mol. The van der Waals surface area contributed by atoms with Crippen LogP contribution in [0.3, 0.4) is 0 Å². The molecule has 16 heavy (non-hydrogen) atoms. The maximum absolute atomic E-state index is 10.8. The molecule has 0 radical (unpaired) electrons. The second kappa shape index (κ2) is 6.27. The molecule has 1 rings (SSSR count). The van der Waals surface area contributed by atoms with Crippen molar-refractivity contribution >= 4 is 12.4 Å². The molecule has 0 aliphatic carbocycles. The van der Waals surface area contributed by atoms with Crippen molar-refractivity contribution in [2.24, 2.45) is 5.11 Å². The van der Waals surface area contributed by atoms with Gasteiger partial charge in [-0.1, -0.05) is 23.3 Å². The summed E-state index contributed by atoms with van der Waals surface area (Å²) in [5, 5.41) is 3.36. The SMILES string of the molecule is COc1ccc(C=CCN=[N+]=[N-])c(C=O)c1. The van der Waals surface area contributed by atoms with Gasteiger partial charge in [-0.2, -0.15) is 0 Å². The Morgan fingerprint density at radius 1 is 1.50 bits per heavy atom. The van der Waals surface area contributed by atoms with Crippen LogP contribution in [0, 0.1) is 0 Å². The number of hydrogen-bond acceptors (Lipinski definition) is 3. The molecule has 0 unspecified atom stereocenters. The van der Waals surface area contributed by atoms with E-state index in [1.807, 2.05) is 0 Å². The molecule has 0 bridgehead atoms. The first kappa shape index (κ1) is 11.8. The monoisotopic (exact) mass is 217 g/mol. The molecule has 0 amide bonds. The van der Waals surface area contributed by atoms with Crippen molar-refractivity contribution in [3.8, 4) is 5.75 Å². The van der Waals surface area contributed by atoms with Gasteiger partial charge in [0.1, 0.15) is 5.75 Å². The quantitative estimate of drug-likeness (QED) is 0.329. The fourth-order valence-corrected chi connectivity index (χ4v) is 1.20. The highest BCUT2D eigenvalue weighted by atomic mass is 16.5. The van der Waals surface area contributed by atoms with E-state index in [0.717, 1.165) is 11.8 Å². The van der Waals surface area contributed by atoms with E-state index in [2.05, 4.69) is 10.0 Å². The Hall–Kier alpha value is -2.26. The molecule has 82 valence electrons. The van der Waals surface area contributed by atoms with E-state index >= 15 is 0 Å². The molecule has 0 saturated heterocycles. The third-order valence-corrected chi connectivity index (χ3v) is 1.97. The van der Waals surface area contributed by atoms with Crippen molar-refractivity contribution in [2.45, 2.75) is 0 Å². The number of methoxy groups -OCH3 is 1. The minimum atomic E-state index is 0.265. The number of carbonyl (C=O) groups is 1. The molecule has 0 spiro atoms. The predicted octanol–water partition coefficient (Wildman–Crippen LogP) is 2.83. The van der Waals surface area contributed by atoms with E-state index in [9.17, 15) is 4.79 Å². The van der Waals surface area contributed by atoms with Crippen molar-refractivity contribution in [1.29, 1.82) is 0 Å². The summed E-state index contributed by atoms with van der Waals surface area (Å²) in [7, 11) is 1.54. The summed E-state index contributed by atoms with van der Waals surface area (Å²) in [6.45, 7) is 0.265. The summed E-state index contributed by atoms with van der Waals surface area (Å²) in [4.78, 5) is 13.4. The predicted molar refractivity (Wildman–Crippen MR) is 61.4 cm³/mol. The van der Waals surface area contributed by atoms with Crippen LogP contribution in [0.15, 0.2) is 29.4 Å². The molecule has 1 aromatic rings. The topological polar surface area (TPSA) is 75.1 Å². The molecule has 1 aromatic carbocycles. The van der Waals surface area contributed by atoms with Crippen LogP contribution in [0.2, 0.25) is 0 Å². The first-order chi connectivity index (χ1) is 7.81. The van der Waals surface area contributed by atoms with E-state index < -0.39 is 0 Å². The highest BCUT2D eigenvalue weighted by Crippen LogP contribution is 2.17. The summed E-state index contributed by atoms with van der Waals surface area (Å²) in [5.41, 5.74) is 9.39. The number of nitrogens with zero attached hydrogens (tertiary/aromatic N) is 3. The number of azide groups is 1. The van der Waals surface area contributed by atoms with Crippen LogP contribution >= 0.6 is 0 Å². The number of ether oxygens (including phenoxy) is 1. The van der Waals surface area contributed by atoms with E-state index in [0.29, 0.717) is 11.3 Å². The van der Waals surface area contributed by atoms with Crippen molar-refractivity contribution in [2.75, 3.05) is 13.7 Å². The highest BCUT2D eigenvalue weighted by molar-refractivity contribution is 5.82. The second-order valence-corrected chi connectivity index (χ2v) is 2.93. The van der Waals surface area contributed by atoms with Crippen LogP contribution in [-0.4, -0.2) is 19.9 Å². The van der Waals surface area contributed by atoms with Gasteiger partial charge in [0.25, 0.3) is 0 Å². The Balaban J connectivity index is 2.91. The van der Waals surface area contributed by atoms with E-state index in [1.165, 1.54) is 0 Å². The van der Waals surface area contributed by atoms with Crippen LogP contribution in [-0.2, 0) is 0 Å². The molecule has 0 aromatic heterocycles. The van der Waals surface area contributed by atoms with Gasteiger partial charge in [0.2, 0.25) is 0 Å². The number of hydrogen-bond donors (Lipinski definition) is 0.